The molecule has 1 unspecified atom stereocenters. The summed E-state index contributed by atoms with van der Waals surface area (Å²) < 4.78 is 18.0. The maximum Gasteiger partial charge on any atom is 0.334 e. The van der Waals surface area contributed by atoms with Gasteiger partial charge in [0.05, 0.1) is 54.9 Å². The molecule has 2 rings (SSSR count). The molecule has 2 heterocycles. The van der Waals surface area contributed by atoms with E-state index in [0.29, 0.717) is 11.1 Å². The van der Waals surface area contributed by atoms with Gasteiger partial charge in [-0.15, -0.1) is 0 Å². The van der Waals surface area contributed by atoms with Gasteiger partial charge in [-0.1, -0.05) is 97.1 Å². The highest BCUT2D eigenvalue weighted by Crippen LogP contribution is 2.36. The molecule has 19 atom stereocenters. The van der Waals surface area contributed by atoms with E-state index in [0.717, 1.165) is 44.6 Å². The molecule has 0 amide bonds. The molecule has 0 aliphatic carbocycles. The van der Waals surface area contributed by atoms with E-state index in [2.05, 4.69) is 34.7 Å². The second-order valence-corrected chi connectivity index (χ2v) is 22.9. The fourth-order valence-electron chi connectivity index (χ4n) is 9.79. The van der Waals surface area contributed by atoms with Gasteiger partial charge < -0.3 is 81.6 Å². The van der Waals surface area contributed by atoms with E-state index in [4.69, 9.17) is 19.9 Å². The maximum absolute atomic E-state index is 13.7. The van der Waals surface area contributed by atoms with Crippen LogP contribution >= 0.6 is 0 Å². The van der Waals surface area contributed by atoms with Crippen molar-refractivity contribution in [2.75, 3.05) is 20.6 Å². The molecule has 0 aromatic rings. The smallest absolute Gasteiger partial charge is 0.334 e. The van der Waals surface area contributed by atoms with Gasteiger partial charge in [0, 0.05) is 82.5 Å². The Morgan fingerprint density at radius 3 is 2.08 bits per heavy atom. The molecule has 2 aliphatic heterocycles. The molecule has 1 fully saturated rings. The summed E-state index contributed by atoms with van der Waals surface area (Å²) in [5, 5.41) is 118. The minimum atomic E-state index is -2.46. The molecule has 0 spiro atoms. The number of nitrogens with two attached hydrogens (primary N) is 1. The highest BCUT2D eigenvalue weighted by molar-refractivity contribution is 5.88. The van der Waals surface area contributed by atoms with Gasteiger partial charge in [0.2, 0.25) is 0 Å². The normalized spacial score (nSPS) is 37.8. The first kappa shape index (κ1) is 70.5. The summed E-state index contributed by atoms with van der Waals surface area (Å²) in [5.74, 6) is -5.29. The molecule has 19 nitrogen and oxygen atoms in total. The second-order valence-electron chi connectivity index (χ2n) is 22.9. The number of ether oxygens (including phenoxy) is 3. The Morgan fingerprint density at radius 2 is 1.44 bits per heavy atom. The fraction of sp³-hybridized carbons (Fsp3) is 0.780. The van der Waals surface area contributed by atoms with Gasteiger partial charge in [0.1, 0.15) is 24.4 Å². The Labute approximate surface area is 465 Å². The molecule has 450 valence electrons. The van der Waals surface area contributed by atoms with Crippen LogP contribution in [0.3, 0.4) is 0 Å². The molecule has 0 aromatic carbocycles. The van der Waals surface area contributed by atoms with E-state index in [1.54, 1.807) is 85.9 Å². The van der Waals surface area contributed by atoms with Crippen molar-refractivity contribution in [2.45, 2.75) is 237 Å². The van der Waals surface area contributed by atoms with Gasteiger partial charge in [-0.25, -0.2) is 4.79 Å². The van der Waals surface area contributed by atoms with Crippen LogP contribution in [-0.4, -0.2) is 175 Å². The zero-order valence-corrected chi connectivity index (χ0v) is 48.7. The van der Waals surface area contributed by atoms with Crippen LogP contribution in [0.5, 0.6) is 0 Å². The SMILES string of the molecule is CN=C(NC)NCCC/C=C/CCC[C@H](C)[C@@H]1OC(=O)/C(C)=C\C=C\[C@H](C)[C@@H](O)C[C@H](O)[C@@H](C)[C@H](O)CC[C@H](C)[C@@H](O)C[C@@]2(O)O[C@@H](C[C@@H](OC(=O)C(N)C(C)C)C[C@H](O)C[C@@H](O)C[C@H](O)/C(C)=C/C=C/[C@H]1C)C[C@@H](O)[C@@H]2O. The molecule has 78 heavy (non-hydrogen) atoms. The number of unbranched alkanes of at least 4 members (excludes halogenated alkanes) is 2. The van der Waals surface area contributed by atoms with Crippen LogP contribution in [0, 0.1) is 35.5 Å². The second kappa shape index (κ2) is 36.0. The van der Waals surface area contributed by atoms with Crippen molar-refractivity contribution in [3.8, 4) is 0 Å². The van der Waals surface area contributed by atoms with Crippen LogP contribution < -0.4 is 16.4 Å². The number of aliphatic hydroxyl groups is 10. The molecule has 19 heteroatoms. The van der Waals surface area contributed by atoms with Crippen molar-refractivity contribution in [3.05, 3.63) is 59.8 Å². The van der Waals surface area contributed by atoms with Gasteiger partial charge in [-0.2, -0.15) is 0 Å². The lowest BCUT2D eigenvalue weighted by atomic mass is 9.84. The summed E-state index contributed by atoms with van der Waals surface area (Å²) in [6.07, 6.45) is 3.86. The Bertz CT molecular complexity index is 1930. The average molecular weight is 1110 g/mol. The third-order valence-corrected chi connectivity index (χ3v) is 15.7. The van der Waals surface area contributed by atoms with Crippen LogP contribution in [0.4, 0.5) is 0 Å². The third-order valence-electron chi connectivity index (χ3n) is 15.7. The van der Waals surface area contributed by atoms with Crippen molar-refractivity contribution in [3.63, 3.8) is 0 Å². The van der Waals surface area contributed by atoms with E-state index in [-0.39, 0.29) is 69.1 Å². The minimum absolute atomic E-state index is 0.0395. The Morgan fingerprint density at radius 1 is 0.808 bits per heavy atom. The first-order valence-corrected chi connectivity index (χ1v) is 28.6. The molecule has 0 radical (unpaired) electrons. The van der Waals surface area contributed by atoms with Crippen molar-refractivity contribution < 1.29 is 74.9 Å². The highest BCUT2D eigenvalue weighted by atomic mass is 16.7. The van der Waals surface area contributed by atoms with Gasteiger partial charge in [0.25, 0.3) is 0 Å². The van der Waals surface area contributed by atoms with Crippen LogP contribution in [0.15, 0.2) is 64.7 Å². The lowest BCUT2D eigenvalue weighted by Gasteiger charge is -2.45. The van der Waals surface area contributed by atoms with E-state index in [1.807, 2.05) is 20.0 Å². The Kier molecular flexibility index (Phi) is 32.6. The third kappa shape index (κ3) is 25.1. The molecule has 14 N–H and O–H groups in total. The molecular weight excluding hydrogens is 1000 g/mol. The van der Waals surface area contributed by atoms with E-state index in [1.165, 1.54) is 0 Å². The van der Waals surface area contributed by atoms with Gasteiger partial charge in [0.15, 0.2) is 11.7 Å². The summed E-state index contributed by atoms with van der Waals surface area (Å²) in [6, 6.07) is -1.02. The number of esters is 2. The number of guanidine groups is 1. The number of cyclic esters (lactones) is 1. The number of nitrogens with zero attached hydrogens (tertiary/aromatic N) is 1. The molecule has 0 saturated carbocycles. The van der Waals surface area contributed by atoms with Crippen LogP contribution in [0.25, 0.3) is 0 Å². The monoisotopic (exact) mass is 1110 g/mol. The van der Waals surface area contributed by atoms with Gasteiger partial charge >= 0.3 is 11.9 Å². The predicted octanol–water partition coefficient (Wildman–Crippen LogP) is 4.14. The predicted molar refractivity (Wildman–Crippen MR) is 302 cm³/mol. The summed E-state index contributed by atoms with van der Waals surface area (Å²) in [7, 11) is 3.54. The van der Waals surface area contributed by atoms with Crippen molar-refractivity contribution in [1.82, 2.24) is 10.6 Å². The molecule has 1 saturated heterocycles. The first-order chi connectivity index (χ1) is 36.6. The number of carbonyl (C=O) groups is 2. The number of allylic oxidation sites excluding steroid dienone is 6. The van der Waals surface area contributed by atoms with Crippen LogP contribution in [0.1, 0.15) is 152 Å². The highest BCUT2D eigenvalue weighted by Gasteiger charge is 2.50. The molecule has 0 aromatic heterocycles. The largest absolute Gasteiger partial charge is 0.461 e. The zero-order valence-electron chi connectivity index (χ0n) is 48.7. The lowest BCUT2D eigenvalue weighted by Crippen LogP contribution is -2.60. The van der Waals surface area contributed by atoms with Gasteiger partial charge in [-0.05, 0) is 88.5 Å². The lowest BCUT2D eigenvalue weighted by molar-refractivity contribution is -0.333. The number of hydrogen-bond acceptors (Lipinski definition) is 17. The molecule has 2 aliphatic rings. The topological polar surface area (TPSA) is 327 Å². The minimum Gasteiger partial charge on any atom is -0.461 e. The quantitative estimate of drug-likeness (QED) is 0.0429. The standard InChI is InChI=1S/C59H104N4O15/c1-35(2)53(60)57(74)76-45-29-43(64)28-44(65)30-48(67)36(3)21-18-23-40(7)54(39(6)20-16-14-12-13-15-17-27-63-58(61-10)62-11)77-56(73)41(8)24-19-22-37(4)49(68)33-50(69)42(9)47(66)26-25-38(5)52(71)34-59(75)55(72)51(70)32-46(31-45)78-59/h12-13,18-19,21-24,35,37-40,42-55,64-72,75H,14-17,20,25-34,60H2,1-11H3,(H2,61,62,63)/b13-12+,22-19+,23-18+,36-21+,41-24-/t37-,38-,39-,40+,42-,43+,44+,45-,46-,47+,48-,49-,50-,51+,52-,53?,54-,55-,59+/m0/s1. The summed E-state index contributed by atoms with van der Waals surface area (Å²) in [6.45, 7) is 16.7. The van der Waals surface area contributed by atoms with Crippen molar-refractivity contribution >= 4 is 17.9 Å². The van der Waals surface area contributed by atoms with Gasteiger partial charge in [-0.3, -0.25) is 9.79 Å². The molecular formula is C59H104N4O15. The van der Waals surface area contributed by atoms with Crippen LogP contribution in [-0.2, 0) is 23.8 Å². The first-order valence-electron chi connectivity index (χ1n) is 28.6. The summed E-state index contributed by atoms with van der Waals surface area (Å²) in [4.78, 5) is 31.0. The Hall–Kier alpha value is -3.57. The average Bonchev–Trinajstić information content (AvgIpc) is 3.40. The zero-order chi connectivity index (χ0) is 58.9. The molecule has 2 bridgehead atoms. The van der Waals surface area contributed by atoms with Crippen molar-refractivity contribution in [2.24, 2.45) is 46.2 Å². The number of carbonyl (C=O) groups excluding carboxylic acids is 2. The number of hydrogen-bond donors (Lipinski definition) is 13. The number of aliphatic imine (C=N–C) groups is 1. The van der Waals surface area contributed by atoms with E-state index in [9.17, 15) is 60.7 Å². The Balaban J connectivity index is 2.45. The number of nitrogens with one attached hydrogen (secondary N) is 2. The van der Waals surface area contributed by atoms with Crippen LogP contribution in [0.2, 0.25) is 0 Å². The summed E-state index contributed by atoms with van der Waals surface area (Å²) in [5.41, 5.74) is 6.98. The van der Waals surface area contributed by atoms with E-state index >= 15 is 0 Å². The van der Waals surface area contributed by atoms with E-state index < -0.39 is 121 Å². The summed E-state index contributed by atoms with van der Waals surface area (Å²) >= 11 is 0. The number of aliphatic hydroxyl groups excluding tert-OH is 9. The number of fused-ring (bicyclic) bond motifs is 2. The maximum atomic E-state index is 13.7. The fourth-order valence-corrected chi connectivity index (χ4v) is 9.79. The number of rotatable bonds is 12. The van der Waals surface area contributed by atoms with Crippen molar-refractivity contribution in [1.29, 1.82) is 0 Å².